The van der Waals surface area contributed by atoms with Crippen LogP contribution in [0.2, 0.25) is 0 Å². The molecule has 0 unspecified atom stereocenters. The summed E-state index contributed by atoms with van der Waals surface area (Å²) in [7, 11) is 0. The largest absolute Gasteiger partial charge is 0.354 e. The highest BCUT2D eigenvalue weighted by atomic mass is 16.2. The highest BCUT2D eigenvalue weighted by Crippen LogP contribution is 2.07. The lowest BCUT2D eigenvalue weighted by atomic mass is 10.3. The number of hydrogen-bond donors (Lipinski definition) is 1. The van der Waals surface area contributed by atoms with Crippen molar-refractivity contribution in [3.63, 3.8) is 0 Å². The van der Waals surface area contributed by atoms with E-state index in [1.807, 2.05) is 27.7 Å². The van der Waals surface area contributed by atoms with Crippen LogP contribution in [-0.4, -0.2) is 58.0 Å². The van der Waals surface area contributed by atoms with Crippen LogP contribution in [-0.2, 0) is 24.0 Å². The first kappa shape index (κ1) is 20.3. The van der Waals surface area contributed by atoms with Crippen LogP contribution in [0.15, 0.2) is 24.3 Å². The molecule has 0 fully saturated rings. The van der Waals surface area contributed by atoms with E-state index in [0.717, 1.165) is 4.90 Å². The number of hydrogen-bond acceptors (Lipinski definition) is 5. The van der Waals surface area contributed by atoms with Gasteiger partial charge in [0.25, 0.3) is 23.6 Å². The SMILES string of the molecule is CC(C)N1C(=O)C=CC1=O.CC(C)NC(=O)CCN1C(=O)C=CC1=O. The lowest BCUT2D eigenvalue weighted by Crippen LogP contribution is -2.36. The van der Waals surface area contributed by atoms with Crippen molar-refractivity contribution in [3.05, 3.63) is 24.3 Å². The summed E-state index contributed by atoms with van der Waals surface area (Å²) in [6.45, 7) is 7.46. The molecule has 2 aliphatic rings. The predicted molar refractivity (Wildman–Crippen MR) is 89.9 cm³/mol. The van der Waals surface area contributed by atoms with Crippen LogP contribution >= 0.6 is 0 Å². The minimum atomic E-state index is -0.350. The predicted octanol–water partition coefficient (Wildman–Crippen LogP) is 0.146. The summed E-state index contributed by atoms with van der Waals surface area (Å²) in [5, 5.41) is 2.69. The third-order valence-electron chi connectivity index (χ3n) is 3.27. The topological polar surface area (TPSA) is 104 Å². The second-order valence-corrected chi connectivity index (χ2v) is 6.11. The lowest BCUT2D eigenvalue weighted by molar-refractivity contribution is -0.139. The molecule has 2 aliphatic heterocycles. The van der Waals surface area contributed by atoms with Crippen LogP contribution in [0, 0.1) is 0 Å². The van der Waals surface area contributed by atoms with Gasteiger partial charge in [0.2, 0.25) is 5.91 Å². The number of nitrogens with zero attached hydrogens (tertiary/aromatic N) is 2. The molecule has 0 saturated carbocycles. The quantitative estimate of drug-likeness (QED) is 0.711. The van der Waals surface area contributed by atoms with Gasteiger partial charge in [0, 0.05) is 49.4 Å². The maximum Gasteiger partial charge on any atom is 0.253 e. The molecular formula is C17H23N3O5. The van der Waals surface area contributed by atoms with E-state index in [1.165, 1.54) is 29.2 Å². The van der Waals surface area contributed by atoms with Crippen LogP contribution in [0.4, 0.5) is 0 Å². The van der Waals surface area contributed by atoms with Gasteiger partial charge >= 0.3 is 0 Å². The van der Waals surface area contributed by atoms with E-state index < -0.39 is 0 Å². The molecule has 0 bridgehead atoms. The molecular weight excluding hydrogens is 326 g/mol. The molecule has 5 amide bonds. The number of amides is 5. The van der Waals surface area contributed by atoms with Gasteiger partial charge in [-0.3, -0.25) is 33.8 Å². The molecule has 0 aliphatic carbocycles. The molecule has 25 heavy (non-hydrogen) atoms. The third-order valence-corrected chi connectivity index (χ3v) is 3.27. The van der Waals surface area contributed by atoms with E-state index in [4.69, 9.17) is 0 Å². The van der Waals surface area contributed by atoms with E-state index in [9.17, 15) is 24.0 Å². The smallest absolute Gasteiger partial charge is 0.253 e. The first-order valence-electron chi connectivity index (χ1n) is 8.01. The summed E-state index contributed by atoms with van der Waals surface area (Å²) >= 11 is 0. The number of rotatable bonds is 5. The molecule has 0 aromatic carbocycles. The number of carbonyl (C=O) groups is 5. The van der Waals surface area contributed by atoms with Crippen molar-refractivity contribution >= 4 is 29.5 Å². The summed E-state index contributed by atoms with van der Waals surface area (Å²) in [6.07, 6.45) is 5.16. The Bertz CT molecular complexity index is 598. The fourth-order valence-corrected chi connectivity index (χ4v) is 2.18. The Morgan fingerprint density at radius 2 is 1.32 bits per heavy atom. The molecule has 1 N–H and O–H groups in total. The highest BCUT2D eigenvalue weighted by molar-refractivity contribution is 6.13. The van der Waals surface area contributed by atoms with Crippen LogP contribution in [0.5, 0.6) is 0 Å². The molecule has 0 atom stereocenters. The molecule has 136 valence electrons. The third kappa shape index (κ3) is 5.98. The Morgan fingerprint density at radius 1 is 0.880 bits per heavy atom. The second-order valence-electron chi connectivity index (χ2n) is 6.11. The van der Waals surface area contributed by atoms with Crippen molar-refractivity contribution in [2.75, 3.05) is 6.54 Å². The molecule has 0 saturated heterocycles. The molecule has 0 aromatic heterocycles. The summed E-state index contributed by atoms with van der Waals surface area (Å²) in [5.74, 6) is -1.27. The maximum absolute atomic E-state index is 11.2. The van der Waals surface area contributed by atoms with Gasteiger partial charge in [-0.05, 0) is 27.7 Å². The standard InChI is InChI=1S/C10H14N2O3.C7H9NO2/c1-7(2)11-8(13)5-6-12-9(14)3-4-10(12)15;1-5(2)8-6(9)3-4-7(8)10/h3-4,7H,5-6H2,1-2H3,(H,11,13);3-5H,1-2H3. The van der Waals surface area contributed by atoms with Gasteiger partial charge in [-0.15, -0.1) is 0 Å². The van der Waals surface area contributed by atoms with Crippen LogP contribution in [0.1, 0.15) is 34.1 Å². The number of carbonyl (C=O) groups excluding carboxylic acids is 5. The van der Waals surface area contributed by atoms with Gasteiger partial charge in [-0.25, -0.2) is 0 Å². The molecule has 8 heteroatoms. The Kier molecular flexibility index (Phi) is 7.22. The summed E-state index contributed by atoms with van der Waals surface area (Å²) < 4.78 is 0. The van der Waals surface area contributed by atoms with E-state index >= 15 is 0 Å². The van der Waals surface area contributed by atoms with Gasteiger partial charge < -0.3 is 5.32 Å². The zero-order valence-electron chi connectivity index (χ0n) is 14.8. The fraction of sp³-hybridized carbons (Fsp3) is 0.471. The van der Waals surface area contributed by atoms with Gasteiger partial charge in [-0.2, -0.15) is 0 Å². The molecule has 0 aromatic rings. The van der Waals surface area contributed by atoms with E-state index in [0.29, 0.717) is 0 Å². The second kappa shape index (κ2) is 8.91. The number of nitrogens with one attached hydrogen (secondary N) is 1. The summed E-state index contributed by atoms with van der Waals surface area (Å²) in [4.78, 5) is 57.4. The molecule has 2 heterocycles. The minimum absolute atomic E-state index is 0.0324. The van der Waals surface area contributed by atoms with Crippen LogP contribution < -0.4 is 5.32 Å². The maximum atomic E-state index is 11.2. The Balaban J connectivity index is 0.000000271. The van der Waals surface area contributed by atoms with Crippen molar-refractivity contribution in [3.8, 4) is 0 Å². The molecule has 8 nitrogen and oxygen atoms in total. The van der Waals surface area contributed by atoms with Gasteiger partial charge in [0.05, 0.1) is 0 Å². The van der Waals surface area contributed by atoms with Crippen molar-refractivity contribution in [1.82, 2.24) is 15.1 Å². The molecule has 0 spiro atoms. The van der Waals surface area contributed by atoms with E-state index in [1.54, 1.807) is 0 Å². The fourth-order valence-electron chi connectivity index (χ4n) is 2.18. The monoisotopic (exact) mass is 349 g/mol. The van der Waals surface area contributed by atoms with E-state index in [-0.39, 0.29) is 54.6 Å². The van der Waals surface area contributed by atoms with Crippen molar-refractivity contribution in [2.45, 2.75) is 46.2 Å². The number of imide groups is 2. The van der Waals surface area contributed by atoms with Crippen LogP contribution in [0.25, 0.3) is 0 Å². The van der Waals surface area contributed by atoms with E-state index in [2.05, 4.69) is 5.32 Å². The Labute approximate surface area is 146 Å². The first-order valence-corrected chi connectivity index (χ1v) is 8.01. The van der Waals surface area contributed by atoms with Crippen LogP contribution in [0.3, 0.4) is 0 Å². The summed E-state index contributed by atoms with van der Waals surface area (Å²) in [6, 6.07) is 0.0376. The van der Waals surface area contributed by atoms with Gasteiger partial charge in [0.15, 0.2) is 0 Å². The van der Waals surface area contributed by atoms with Gasteiger partial charge in [-0.1, -0.05) is 0 Å². The normalized spacial score (nSPS) is 16.2. The zero-order valence-corrected chi connectivity index (χ0v) is 14.8. The molecule has 0 radical (unpaired) electrons. The molecule has 2 rings (SSSR count). The van der Waals surface area contributed by atoms with Crippen molar-refractivity contribution in [1.29, 1.82) is 0 Å². The van der Waals surface area contributed by atoms with Crippen molar-refractivity contribution < 1.29 is 24.0 Å². The average molecular weight is 349 g/mol. The lowest BCUT2D eigenvalue weighted by Gasteiger charge is -2.17. The van der Waals surface area contributed by atoms with Crippen molar-refractivity contribution in [2.24, 2.45) is 0 Å². The zero-order chi connectivity index (χ0) is 19.1. The minimum Gasteiger partial charge on any atom is -0.354 e. The summed E-state index contributed by atoms with van der Waals surface area (Å²) in [5.41, 5.74) is 0. The van der Waals surface area contributed by atoms with Gasteiger partial charge in [0.1, 0.15) is 0 Å². The Morgan fingerprint density at radius 3 is 1.68 bits per heavy atom. The first-order chi connectivity index (χ1) is 11.6. The Hall–Kier alpha value is -2.77. The highest BCUT2D eigenvalue weighted by Gasteiger charge is 2.25. The average Bonchev–Trinajstić information content (AvgIpc) is 2.99.